The van der Waals surface area contributed by atoms with Crippen molar-refractivity contribution in [1.29, 1.82) is 0 Å². The average molecular weight is 304 g/mol. The summed E-state index contributed by atoms with van der Waals surface area (Å²) in [4.78, 5) is 5.96. The molecule has 0 N–H and O–H groups in total. The van der Waals surface area contributed by atoms with E-state index in [0.717, 1.165) is 5.52 Å². The molecule has 0 saturated carbocycles. The molecule has 0 aliphatic rings. The second-order valence-corrected chi connectivity index (χ2v) is 7.67. The number of aromatic nitrogens is 1. The summed E-state index contributed by atoms with van der Waals surface area (Å²) in [5.74, 6) is 0. The molecule has 3 aromatic rings. The molecular weight excluding hydrogens is 293 g/mol. The SMILES string of the molecule is Cc1ccc(Sc2nc3ccccc3[se]2)cc1. The molecule has 0 aliphatic heterocycles. The van der Waals surface area contributed by atoms with Crippen LogP contribution in [0.2, 0.25) is 0 Å². The van der Waals surface area contributed by atoms with Crippen molar-refractivity contribution in [1.82, 2.24) is 4.98 Å². The molecule has 0 atom stereocenters. The molecule has 0 bridgehead atoms. The summed E-state index contributed by atoms with van der Waals surface area (Å²) in [6.07, 6.45) is 0. The van der Waals surface area contributed by atoms with Gasteiger partial charge in [-0.2, -0.15) is 0 Å². The Labute approximate surface area is 111 Å². The molecule has 1 nitrogen and oxygen atoms in total. The molecule has 3 rings (SSSR count). The quantitative estimate of drug-likeness (QED) is 0.669. The fourth-order valence-electron chi connectivity index (χ4n) is 1.60. The summed E-state index contributed by atoms with van der Waals surface area (Å²) in [5.41, 5.74) is 2.46. The van der Waals surface area contributed by atoms with Gasteiger partial charge in [0, 0.05) is 0 Å². The summed E-state index contributed by atoms with van der Waals surface area (Å²) in [5, 5.41) is 0. The number of hydrogen-bond acceptors (Lipinski definition) is 2. The fourth-order valence-corrected chi connectivity index (χ4v) is 5.06. The van der Waals surface area contributed by atoms with Gasteiger partial charge in [-0.25, -0.2) is 0 Å². The Hall–Kier alpha value is -1.02. The van der Waals surface area contributed by atoms with Crippen LogP contribution in [0.15, 0.2) is 57.3 Å². The summed E-state index contributed by atoms with van der Waals surface area (Å²) in [6.45, 7) is 2.11. The molecule has 0 spiro atoms. The first-order chi connectivity index (χ1) is 8.31. The number of fused-ring (bicyclic) bond motifs is 1. The summed E-state index contributed by atoms with van der Waals surface area (Å²) < 4.78 is 2.65. The van der Waals surface area contributed by atoms with Crippen molar-refractivity contribution in [3.63, 3.8) is 0 Å². The molecule has 0 unspecified atom stereocenters. The van der Waals surface area contributed by atoms with Gasteiger partial charge in [0.2, 0.25) is 0 Å². The number of hydrogen-bond donors (Lipinski definition) is 0. The number of nitrogens with zero attached hydrogens (tertiary/aromatic N) is 1. The minimum atomic E-state index is 0.381. The second-order valence-electron chi connectivity index (χ2n) is 3.86. The molecule has 0 amide bonds. The third-order valence-electron chi connectivity index (χ3n) is 2.50. The summed E-state index contributed by atoms with van der Waals surface area (Å²) in [7, 11) is 0. The van der Waals surface area contributed by atoms with Crippen molar-refractivity contribution >= 4 is 36.0 Å². The number of para-hydroxylation sites is 1. The number of aryl methyl sites for hydroxylation is 1. The molecule has 3 heteroatoms. The Morgan fingerprint density at radius 2 is 1.76 bits per heavy atom. The zero-order valence-corrected chi connectivity index (χ0v) is 11.9. The van der Waals surface area contributed by atoms with E-state index >= 15 is 0 Å². The van der Waals surface area contributed by atoms with Gasteiger partial charge in [-0.1, -0.05) is 0 Å². The van der Waals surface area contributed by atoms with Crippen LogP contribution in [0, 0.1) is 6.92 Å². The molecule has 0 aliphatic carbocycles. The fraction of sp³-hybridized carbons (Fsp3) is 0.0714. The molecular formula is C14H11NSSe. The summed E-state index contributed by atoms with van der Waals surface area (Å²) in [6, 6.07) is 17.1. The van der Waals surface area contributed by atoms with Gasteiger partial charge in [-0.05, 0) is 0 Å². The minimum absolute atomic E-state index is 0.381. The molecule has 0 fully saturated rings. The Bertz CT molecular complexity index is 610. The van der Waals surface area contributed by atoms with E-state index in [0.29, 0.717) is 14.5 Å². The van der Waals surface area contributed by atoms with E-state index in [1.54, 1.807) is 11.8 Å². The molecule has 2 aromatic carbocycles. The third-order valence-corrected chi connectivity index (χ3v) is 5.98. The monoisotopic (exact) mass is 305 g/mol. The zero-order chi connectivity index (χ0) is 11.7. The average Bonchev–Trinajstić information content (AvgIpc) is 2.74. The van der Waals surface area contributed by atoms with Gasteiger partial charge in [-0.3, -0.25) is 0 Å². The molecule has 0 radical (unpaired) electrons. The van der Waals surface area contributed by atoms with Crippen LogP contribution in [0.1, 0.15) is 5.56 Å². The standard InChI is InChI=1S/C14H11NSSe/c1-10-6-8-11(9-7-10)16-14-15-12-4-2-3-5-13(12)17-14/h2-9H,1H3. The molecule has 0 saturated heterocycles. The van der Waals surface area contributed by atoms with Crippen LogP contribution in [0.3, 0.4) is 0 Å². The molecule has 84 valence electrons. The van der Waals surface area contributed by atoms with Gasteiger partial charge >= 0.3 is 111 Å². The van der Waals surface area contributed by atoms with E-state index in [1.807, 2.05) is 0 Å². The van der Waals surface area contributed by atoms with Gasteiger partial charge in [0.25, 0.3) is 0 Å². The first kappa shape index (κ1) is 11.1. The molecule has 1 aromatic heterocycles. The van der Waals surface area contributed by atoms with Crippen molar-refractivity contribution in [2.75, 3.05) is 0 Å². The van der Waals surface area contributed by atoms with Crippen LogP contribution >= 0.6 is 11.8 Å². The normalized spacial score (nSPS) is 10.9. The number of rotatable bonds is 2. The van der Waals surface area contributed by atoms with Crippen LogP contribution in [0.5, 0.6) is 0 Å². The van der Waals surface area contributed by atoms with Gasteiger partial charge in [0.15, 0.2) is 0 Å². The van der Waals surface area contributed by atoms with Crippen molar-refractivity contribution in [2.45, 2.75) is 15.7 Å². The third kappa shape index (κ3) is 2.47. The van der Waals surface area contributed by atoms with Crippen LogP contribution in [-0.2, 0) is 0 Å². The van der Waals surface area contributed by atoms with Crippen molar-refractivity contribution in [3.05, 3.63) is 54.1 Å². The predicted molar refractivity (Wildman–Crippen MR) is 74.0 cm³/mol. The molecule has 1 heterocycles. The van der Waals surface area contributed by atoms with Crippen molar-refractivity contribution in [2.24, 2.45) is 0 Å². The van der Waals surface area contributed by atoms with E-state index in [1.165, 1.54) is 18.6 Å². The van der Waals surface area contributed by atoms with E-state index in [-0.39, 0.29) is 0 Å². The van der Waals surface area contributed by atoms with E-state index in [9.17, 15) is 0 Å². The van der Waals surface area contributed by atoms with Gasteiger partial charge in [0.1, 0.15) is 0 Å². The topological polar surface area (TPSA) is 12.9 Å². The number of benzene rings is 2. The Kier molecular flexibility index (Phi) is 3.06. The Morgan fingerprint density at radius 3 is 2.53 bits per heavy atom. The van der Waals surface area contributed by atoms with Crippen LogP contribution in [0.4, 0.5) is 0 Å². The van der Waals surface area contributed by atoms with E-state index in [4.69, 9.17) is 0 Å². The summed E-state index contributed by atoms with van der Waals surface area (Å²) >= 11 is 2.18. The van der Waals surface area contributed by atoms with E-state index < -0.39 is 0 Å². The maximum absolute atomic E-state index is 4.68. The van der Waals surface area contributed by atoms with Gasteiger partial charge in [-0.15, -0.1) is 0 Å². The second kappa shape index (κ2) is 4.69. The Balaban J connectivity index is 1.92. The Morgan fingerprint density at radius 1 is 1.00 bits per heavy atom. The van der Waals surface area contributed by atoms with Crippen molar-refractivity contribution in [3.8, 4) is 0 Å². The van der Waals surface area contributed by atoms with Crippen molar-refractivity contribution < 1.29 is 0 Å². The van der Waals surface area contributed by atoms with Gasteiger partial charge < -0.3 is 0 Å². The first-order valence-electron chi connectivity index (χ1n) is 5.41. The maximum atomic E-state index is 4.68. The zero-order valence-electron chi connectivity index (χ0n) is 9.38. The molecule has 17 heavy (non-hydrogen) atoms. The van der Waals surface area contributed by atoms with Crippen LogP contribution in [0.25, 0.3) is 9.78 Å². The van der Waals surface area contributed by atoms with Crippen LogP contribution < -0.4 is 0 Å². The first-order valence-corrected chi connectivity index (χ1v) is 7.94. The van der Waals surface area contributed by atoms with E-state index in [2.05, 4.69) is 60.4 Å². The van der Waals surface area contributed by atoms with Gasteiger partial charge in [0.05, 0.1) is 0 Å². The van der Waals surface area contributed by atoms with Crippen LogP contribution in [-0.4, -0.2) is 19.5 Å². The predicted octanol–water partition coefficient (Wildman–Crippen LogP) is 3.75.